The van der Waals surface area contributed by atoms with Gasteiger partial charge in [0, 0.05) is 24.8 Å². The van der Waals surface area contributed by atoms with Crippen LogP contribution in [0.25, 0.3) is 0 Å². The molecule has 0 radical (unpaired) electrons. The highest BCUT2D eigenvalue weighted by Gasteiger charge is 2.26. The van der Waals surface area contributed by atoms with E-state index in [9.17, 15) is 0 Å². The number of aromatic nitrogens is 2. The molecule has 2 heterocycles. The summed E-state index contributed by atoms with van der Waals surface area (Å²) < 4.78 is 1.95. The third kappa shape index (κ3) is 3.18. The molecule has 1 aliphatic heterocycles. The largest absolute Gasteiger partial charge is 0.329 e. The van der Waals surface area contributed by atoms with Crippen LogP contribution >= 0.6 is 0 Å². The predicted octanol–water partition coefficient (Wildman–Crippen LogP) is 2.24. The molecule has 0 bridgehead atoms. The minimum absolute atomic E-state index is 0.344. The molecular weight excluding hydrogens is 236 g/mol. The molecule has 1 fully saturated rings. The second-order valence-electron chi connectivity index (χ2n) is 5.83. The van der Waals surface area contributed by atoms with Crippen molar-refractivity contribution in [1.29, 1.82) is 0 Å². The maximum Gasteiger partial charge on any atom is 0.0540 e. The van der Waals surface area contributed by atoms with Crippen LogP contribution in [0.15, 0.2) is 6.20 Å². The van der Waals surface area contributed by atoms with Gasteiger partial charge < -0.3 is 5.73 Å². The summed E-state index contributed by atoms with van der Waals surface area (Å²) in [5, 5.41) is 4.36. The summed E-state index contributed by atoms with van der Waals surface area (Å²) in [7, 11) is 2.00. The standard InChI is InChI=1S/C15H28N4/c1-4-5-13-6-8-19(9-7-13)15(10-16)14-11-17-18(3)12(14)2/h11,13,15H,4-10,16H2,1-3H3. The highest BCUT2D eigenvalue weighted by atomic mass is 15.3. The van der Waals surface area contributed by atoms with E-state index in [4.69, 9.17) is 5.73 Å². The number of piperidine rings is 1. The molecule has 1 aromatic heterocycles. The number of hydrogen-bond acceptors (Lipinski definition) is 3. The zero-order chi connectivity index (χ0) is 13.8. The van der Waals surface area contributed by atoms with E-state index in [0.29, 0.717) is 12.6 Å². The minimum Gasteiger partial charge on any atom is -0.329 e. The third-order valence-electron chi connectivity index (χ3n) is 4.64. The SMILES string of the molecule is CCCC1CCN(C(CN)c2cnn(C)c2C)CC1. The molecule has 2 N–H and O–H groups in total. The lowest BCUT2D eigenvalue weighted by molar-refractivity contribution is 0.131. The number of nitrogens with two attached hydrogens (primary N) is 1. The van der Waals surface area contributed by atoms with Gasteiger partial charge in [0.05, 0.1) is 12.2 Å². The van der Waals surface area contributed by atoms with Crippen LogP contribution in [0.3, 0.4) is 0 Å². The van der Waals surface area contributed by atoms with Gasteiger partial charge in [-0.25, -0.2) is 0 Å². The molecule has 0 saturated carbocycles. The molecule has 0 amide bonds. The lowest BCUT2D eigenvalue weighted by Crippen LogP contribution is -2.40. The summed E-state index contributed by atoms with van der Waals surface area (Å²) in [4.78, 5) is 2.55. The van der Waals surface area contributed by atoms with Gasteiger partial charge in [-0.1, -0.05) is 19.8 Å². The smallest absolute Gasteiger partial charge is 0.0540 e. The zero-order valence-electron chi connectivity index (χ0n) is 12.6. The summed E-state index contributed by atoms with van der Waals surface area (Å²) in [5.74, 6) is 0.926. The molecule has 1 aromatic rings. The van der Waals surface area contributed by atoms with Crippen molar-refractivity contribution in [2.24, 2.45) is 18.7 Å². The average molecular weight is 264 g/mol. The fraction of sp³-hybridized carbons (Fsp3) is 0.800. The van der Waals surface area contributed by atoms with E-state index in [1.807, 2.05) is 17.9 Å². The average Bonchev–Trinajstić information content (AvgIpc) is 2.74. The van der Waals surface area contributed by atoms with Gasteiger partial charge in [0.1, 0.15) is 0 Å². The Morgan fingerprint density at radius 1 is 1.42 bits per heavy atom. The highest BCUT2D eigenvalue weighted by molar-refractivity contribution is 5.21. The molecule has 1 aliphatic rings. The van der Waals surface area contributed by atoms with Crippen molar-refractivity contribution < 1.29 is 0 Å². The van der Waals surface area contributed by atoms with Gasteiger partial charge in [-0.3, -0.25) is 9.58 Å². The molecule has 2 rings (SSSR count). The molecule has 0 aliphatic carbocycles. The van der Waals surface area contributed by atoms with Gasteiger partial charge in [0.25, 0.3) is 0 Å². The van der Waals surface area contributed by atoms with Crippen molar-refractivity contribution in [2.75, 3.05) is 19.6 Å². The Morgan fingerprint density at radius 3 is 2.58 bits per heavy atom. The maximum absolute atomic E-state index is 6.03. The quantitative estimate of drug-likeness (QED) is 0.887. The van der Waals surface area contributed by atoms with Crippen LogP contribution in [-0.2, 0) is 7.05 Å². The first-order chi connectivity index (χ1) is 9.17. The van der Waals surface area contributed by atoms with Gasteiger partial charge >= 0.3 is 0 Å². The monoisotopic (exact) mass is 264 g/mol. The van der Waals surface area contributed by atoms with Crippen molar-refractivity contribution >= 4 is 0 Å². The van der Waals surface area contributed by atoms with Gasteiger partial charge in [0.2, 0.25) is 0 Å². The van der Waals surface area contributed by atoms with Gasteiger partial charge in [0.15, 0.2) is 0 Å². The molecule has 1 unspecified atom stereocenters. The maximum atomic E-state index is 6.03. The van der Waals surface area contributed by atoms with E-state index in [0.717, 1.165) is 5.92 Å². The molecule has 4 heteroatoms. The molecule has 4 nitrogen and oxygen atoms in total. The van der Waals surface area contributed by atoms with Crippen LogP contribution in [0.5, 0.6) is 0 Å². The number of aryl methyl sites for hydroxylation is 1. The van der Waals surface area contributed by atoms with Crippen molar-refractivity contribution in [1.82, 2.24) is 14.7 Å². The lowest BCUT2D eigenvalue weighted by atomic mass is 9.91. The number of nitrogens with zero attached hydrogens (tertiary/aromatic N) is 3. The first kappa shape index (κ1) is 14.5. The van der Waals surface area contributed by atoms with E-state index in [-0.39, 0.29) is 0 Å². The van der Waals surface area contributed by atoms with Gasteiger partial charge in [-0.2, -0.15) is 5.10 Å². The zero-order valence-corrected chi connectivity index (χ0v) is 12.6. The Hall–Kier alpha value is -0.870. The Kier molecular flexibility index (Phi) is 4.99. The van der Waals surface area contributed by atoms with E-state index in [1.54, 1.807) is 0 Å². The van der Waals surface area contributed by atoms with Crippen LogP contribution in [0.1, 0.15) is 49.9 Å². The molecule has 0 spiro atoms. The minimum atomic E-state index is 0.344. The lowest BCUT2D eigenvalue weighted by Gasteiger charge is -2.37. The van der Waals surface area contributed by atoms with Crippen LogP contribution in [-0.4, -0.2) is 34.3 Å². The summed E-state index contributed by atoms with van der Waals surface area (Å²) in [6.45, 7) is 7.47. The first-order valence-electron chi connectivity index (χ1n) is 7.60. The van der Waals surface area contributed by atoms with Crippen LogP contribution in [0, 0.1) is 12.8 Å². The molecule has 0 aromatic carbocycles. The molecule has 19 heavy (non-hydrogen) atoms. The predicted molar refractivity (Wildman–Crippen MR) is 78.9 cm³/mol. The van der Waals surface area contributed by atoms with Crippen LogP contribution < -0.4 is 5.73 Å². The number of likely N-dealkylation sites (tertiary alicyclic amines) is 1. The van der Waals surface area contributed by atoms with Crippen molar-refractivity contribution in [3.05, 3.63) is 17.5 Å². The highest BCUT2D eigenvalue weighted by Crippen LogP contribution is 2.29. The summed E-state index contributed by atoms with van der Waals surface area (Å²) >= 11 is 0. The van der Waals surface area contributed by atoms with E-state index < -0.39 is 0 Å². The molecular formula is C15H28N4. The molecule has 108 valence electrons. The fourth-order valence-corrected chi connectivity index (χ4v) is 3.28. The molecule has 1 atom stereocenters. The van der Waals surface area contributed by atoms with Crippen molar-refractivity contribution in [3.8, 4) is 0 Å². The van der Waals surface area contributed by atoms with E-state index in [1.165, 1.54) is 50.0 Å². The number of rotatable bonds is 5. The summed E-state index contributed by atoms with van der Waals surface area (Å²) in [6.07, 6.45) is 7.33. The third-order valence-corrected chi connectivity index (χ3v) is 4.64. The topological polar surface area (TPSA) is 47.1 Å². The second kappa shape index (κ2) is 6.53. The summed E-state index contributed by atoms with van der Waals surface area (Å²) in [6, 6.07) is 0.344. The van der Waals surface area contributed by atoms with Crippen molar-refractivity contribution in [3.63, 3.8) is 0 Å². The first-order valence-corrected chi connectivity index (χ1v) is 7.60. The summed E-state index contributed by atoms with van der Waals surface area (Å²) in [5.41, 5.74) is 8.57. The van der Waals surface area contributed by atoms with Gasteiger partial charge in [-0.15, -0.1) is 0 Å². The second-order valence-corrected chi connectivity index (χ2v) is 5.83. The van der Waals surface area contributed by atoms with Crippen LogP contribution in [0.4, 0.5) is 0 Å². The normalized spacial score (nSPS) is 19.8. The number of hydrogen-bond donors (Lipinski definition) is 1. The van der Waals surface area contributed by atoms with E-state index >= 15 is 0 Å². The van der Waals surface area contributed by atoms with Gasteiger partial charge in [-0.05, 0) is 38.8 Å². The fourth-order valence-electron chi connectivity index (χ4n) is 3.28. The van der Waals surface area contributed by atoms with E-state index in [2.05, 4.69) is 23.8 Å². The Bertz CT molecular complexity index is 391. The Balaban J connectivity index is 2.02. The Labute approximate surface area is 117 Å². The van der Waals surface area contributed by atoms with Crippen molar-refractivity contribution in [2.45, 2.75) is 45.6 Å². The Morgan fingerprint density at radius 2 is 2.11 bits per heavy atom. The molecule has 1 saturated heterocycles. The van der Waals surface area contributed by atoms with Crippen LogP contribution in [0.2, 0.25) is 0 Å².